The van der Waals surface area contributed by atoms with E-state index < -0.39 is 5.97 Å². The van der Waals surface area contributed by atoms with Gasteiger partial charge in [-0.25, -0.2) is 4.79 Å². The van der Waals surface area contributed by atoms with Crippen LogP contribution in [-0.2, 0) is 11.3 Å². The van der Waals surface area contributed by atoms with Crippen molar-refractivity contribution in [2.75, 3.05) is 26.8 Å². The Balaban J connectivity index is 1.82. The van der Waals surface area contributed by atoms with Gasteiger partial charge in [0, 0.05) is 19.8 Å². The Morgan fingerprint density at radius 3 is 2.83 bits per heavy atom. The van der Waals surface area contributed by atoms with Crippen molar-refractivity contribution >= 4 is 5.97 Å². The van der Waals surface area contributed by atoms with Crippen LogP contribution in [0.3, 0.4) is 0 Å². The van der Waals surface area contributed by atoms with Gasteiger partial charge in [0.15, 0.2) is 0 Å². The number of carbonyl (C=O) groups is 1. The van der Waals surface area contributed by atoms with Gasteiger partial charge in [-0.2, -0.15) is 0 Å². The smallest absolute Gasteiger partial charge is 0.338 e. The fraction of sp³-hybridized carbons (Fsp3) is 0.615. The van der Waals surface area contributed by atoms with E-state index in [9.17, 15) is 4.79 Å². The van der Waals surface area contributed by atoms with Crippen molar-refractivity contribution in [2.24, 2.45) is 5.92 Å². The predicted molar refractivity (Wildman–Crippen MR) is 65.5 cm³/mol. The molecule has 1 N–H and O–H groups in total. The van der Waals surface area contributed by atoms with Crippen LogP contribution >= 0.6 is 0 Å². The first-order chi connectivity index (χ1) is 8.65. The van der Waals surface area contributed by atoms with Crippen LogP contribution in [0.2, 0.25) is 0 Å². The minimum atomic E-state index is -0.947. The highest BCUT2D eigenvalue weighted by atomic mass is 16.5. The zero-order valence-electron chi connectivity index (χ0n) is 10.6. The predicted octanol–water partition coefficient (Wildman–Crippen LogP) is 1.84. The maximum absolute atomic E-state index is 10.7. The van der Waals surface area contributed by atoms with Crippen molar-refractivity contribution < 1.29 is 19.1 Å². The summed E-state index contributed by atoms with van der Waals surface area (Å²) < 4.78 is 10.6. The number of rotatable bonds is 5. The molecule has 2 heterocycles. The van der Waals surface area contributed by atoms with Crippen LogP contribution in [0.25, 0.3) is 0 Å². The van der Waals surface area contributed by atoms with Gasteiger partial charge in [0.2, 0.25) is 0 Å². The fourth-order valence-electron chi connectivity index (χ4n) is 2.28. The molecule has 1 aliphatic heterocycles. The van der Waals surface area contributed by atoms with E-state index in [1.807, 2.05) is 7.05 Å². The standard InChI is InChI=1S/C13H19NO4/c1-14(7-10-2-4-17-5-3-10)8-12-6-11(9-18-12)13(15)16/h6,9-10H,2-5,7-8H2,1H3,(H,15,16). The van der Waals surface area contributed by atoms with E-state index in [1.54, 1.807) is 6.07 Å². The lowest BCUT2D eigenvalue weighted by molar-refractivity contribution is 0.0542. The Labute approximate surface area is 106 Å². The van der Waals surface area contributed by atoms with Gasteiger partial charge >= 0.3 is 5.97 Å². The molecule has 1 saturated heterocycles. The van der Waals surface area contributed by atoms with E-state index in [0.717, 1.165) is 32.6 Å². The van der Waals surface area contributed by atoms with Crippen LogP contribution in [-0.4, -0.2) is 42.8 Å². The first kappa shape index (κ1) is 13.1. The van der Waals surface area contributed by atoms with Crippen LogP contribution in [0.4, 0.5) is 0 Å². The van der Waals surface area contributed by atoms with Gasteiger partial charge < -0.3 is 14.3 Å². The van der Waals surface area contributed by atoms with Crippen molar-refractivity contribution in [3.63, 3.8) is 0 Å². The maximum atomic E-state index is 10.7. The molecular weight excluding hydrogens is 234 g/mol. The minimum Gasteiger partial charge on any atom is -0.478 e. The van der Waals surface area contributed by atoms with Gasteiger partial charge in [-0.05, 0) is 31.9 Å². The Kier molecular flexibility index (Phi) is 4.38. The second kappa shape index (κ2) is 6.02. The molecule has 1 aromatic heterocycles. The zero-order valence-corrected chi connectivity index (χ0v) is 10.6. The number of carboxylic acids is 1. The molecule has 0 spiro atoms. The lowest BCUT2D eigenvalue weighted by Gasteiger charge is -2.26. The lowest BCUT2D eigenvalue weighted by Crippen LogP contribution is -2.29. The number of hydrogen-bond donors (Lipinski definition) is 1. The first-order valence-corrected chi connectivity index (χ1v) is 6.22. The number of aromatic carboxylic acids is 1. The molecule has 1 fully saturated rings. The Morgan fingerprint density at radius 1 is 1.50 bits per heavy atom. The summed E-state index contributed by atoms with van der Waals surface area (Å²) in [4.78, 5) is 12.9. The number of carboxylic acid groups (broad SMARTS) is 1. The summed E-state index contributed by atoms with van der Waals surface area (Å²) in [6, 6.07) is 1.59. The largest absolute Gasteiger partial charge is 0.478 e. The molecule has 5 nitrogen and oxygen atoms in total. The van der Waals surface area contributed by atoms with Crippen molar-refractivity contribution in [3.05, 3.63) is 23.7 Å². The highest BCUT2D eigenvalue weighted by Crippen LogP contribution is 2.17. The monoisotopic (exact) mass is 253 g/mol. The molecule has 0 saturated carbocycles. The molecule has 100 valence electrons. The summed E-state index contributed by atoms with van der Waals surface area (Å²) in [6.07, 6.45) is 3.49. The van der Waals surface area contributed by atoms with E-state index in [1.165, 1.54) is 6.26 Å². The Bertz CT molecular complexity index is 395. The third kappa shape index (κ3) is 3.58. The average Bonchev–Trinajstić information content (AvgIpc) is 2.78. The Hall–Kier alpha value is -1.33. The lowest BCUT2D eigenvalue weighted by atomic mass is 10.00. The molecule has 0 amide bonds. The quantitative estimate of drug-likeness (QED) is 0.867. The molecule has 0 aromatic carbocycles. The number of nitrogens with zero attached hydrogens (tertiary/aromatic N) is 1. The van der Waals surface area contributed by atoms with Crippen LogP contribution in [0, 0.1) is 5.92 Å². The molecule has 5 heteroatoms. The van der Waals surface area contributed by atoms with Gasteiger partial charge in [0.1, 0.15) is 12.0 Å². The number of ether oxygens (including phenoxy) is 1. The summed E-state index contributed by atoms with van der Waals surface area (Å²) >= 11 is 0. The van der Waals surface area contributed by atoms with Gasteiger partial charge in [0.25, 0.3) is 0 Å². The van der Waals surface area contributed by atoms with Crippen LogP contribution in [0.1, 0.15) is 29.0 Å². The van der Waals surface area contributed by atoms with E-state index in [-0.39, 0.29) is 5.56 Å². The first-order valence-electron chi connectivity index (χ1n) is 6.22. The molecule has 2 rings (SSSR count). The molecule has 0 unspecified atom stereocenters. The van der Waals surface area contributed by atoms with Gasteiger partial charge in [0.05, 0.1) is 12.1 Å². The average molecular weight is 253 g/mol. The third-order valence-electron chi connectivity index (χ3n) is 3.24. The maximum Gasteiger partial charge on any atom is 0.338 e. The molecular formula is C13H19NO4. The summed E-state index contributed by atoms with van der Waals surface area (Å²) in [7, 11) is 2.03. The van der Waals surface area contributed by atoms with E-state index in [2.05, 4.69) is 4.90 Å². The summed E-state index contributed by atoms with van der Waals surface area (Å²) in [5.74, 6) is 0.414. The molecule has 0 aliphatic carbocycles. The topological polar surface area (TPSA) is 62.9 Å². The molecule has 0 radical (unpaired) electrons. The molecule has 1 aliphatic rings. The minimum absolute atomic E-state index is 0.212. The van der Waals surface area contributed by atoms with Crippen molar-refractivity contribution in [1.82, 2.24) is 4.90 Å². The van der Waals surface area contributed by atoms with Gasteiger partial charge in [-0.1, -0.05) is 0 Å². The van der Waals surface area contributed by atoms with Crippen LogP contribution in [0.5, 0.6) is 0 Å². The van der Waals surface area contributed by atoms with Crippen LogP contribution in [0.15, 0.2) is 16.7 Å². The zero-order chi connectivity index (χ0) is 13.0. The van der Waals surface area contributed by atoms with E-state index in [0.29, 0.717) is 18.2 Å². The molecule has 1 aromatic rings. The fourth-order valence-corrected chi connectivity index (χ4v) is 2.28. The summed E-state index contributed by atoms with van der Waals surface area (Å²) in [6.45, 7) is 3.34. The van der Waals surface area contributed by atoms with Crippen LogP contribution < -0.4 is 0 Å². The van der Waals surface area contributed by atoms with E-state index in [4.69, 9.17) is 14.3 Å². The third-order valence-corrected chi connectivity index (χ3v) is 3.24. The van der Waals surface area contributed by atoms with Gasteiger partial charge in [-0.3, -0.25) is 4.90 Å². The van der Waals surface area contributed by atoms with Crippen molar-refractivity contribution in [1.29, 1.82) is 0 Å². The van der Waals surface area contributed by atoms with E-state index >= 15 is 0 Å². The van der Waals surface area contributed by atoms with Crippen molar-refractivity contribution in [3.8, 4) is 0 Å². The normalized spacial score (nSPS) is 17.2. The SMILES string of the molecule is CN(Cc1cc(C(=O)O)co1)CC1CCOCC1. The highest BCUT2D eigenvalue weighted by molar-refractivity contribution is 5.87. The highest BCUT2D eigenvalue weighted by Gasteiger charge is 2.17. The second-order valence-electron chi connectivity index (χ2n) is 4.86. The second-order valence-corrected chi connectivity index (χ2v) is 4.86. The van der Waals surface area contributed by atoms with Gasteiger partial charge in [-0.15, -0.1) is 0 Å². The Morgan fingerprint density at radius 2 is 2.22 bits per heavy atom. The summed E-state index contributed by atoms with van der Waals surface area (Å²) in [5.41, 5.74) is 0.212. The molecule has 18 heavy (non-hydrogen) atoms. The molecule has 0 atom stereocenters. The van der Waals surface area contributed by atoms with Crippen molar-refractivity contribution in [2.45, 2.75) is 19.4 Å². The number of hydrogen-bond acceptors (Lipinski definition) is 4. The number of furan rings is 1. The molecule has 0 bridgehead atoms. The summed E-state index contributed by atoms with van der Waals surface area (Å²) in [5, 5.41) is 8.81.